The number of para-hydroxylation sites is 3. The molecule has 0 aromatic heterocycles. The number of carbonyl (C=O) groups is 1. The summed E-state index contributed by atoms with van der Waals surface area (Å²) in [6, 6.07) is 17.1. The number of nitrogens with one attached hydrogen (secondary N) is 2. The van der Waals surface area contributed by atoms with Crippen molar-refractivity contribution in [3.8, 4) is 11.5 Å². The van der Waals surface area contributed by atoms with Gasteiger partial charge >= 0.3 is 0 Å². The molecule has 1 heterocycles. The van der Waals surface area contributed by atoms with Crippen LogP contribution in [0.25, 0.3) is 0 Å². The van der Waals surface area contributed by atoms with Gasteiger partial charge in [-0.15, -0.1) is 12.4 Å². The number of halogens is 1. The zero-order valence-corrected chi connectivity index (χ0v) is 14.9. The predicted octanol–water partition coefficient (Wildman–Crippen LogP) is 3.13. The van der Waals surface area contributed by atoms with E-state index in [-0.39, 0.29) is 18.3 Å². The Hall–Kier alpha value is -2.08. The molecule has 1 aliphatic rings. The van der Waals surface area contributed by atoms with Crippen molar-refractivity contribution in [3.63, 3.8) is 0 Å². The minimum absolute atomic E-state index is 0. The maximum Gasteiger partial charge on any atom is 0.238 e. The third kappa shape index (κ3) is 6.05. The first kappa shape index (κ1) is 19.2. The molecule has 6 heteroatoms. The molecule has 25 heavy (non-hydrogen) atoms. The summed E-state index contributed by atoms with van der Waals surface area (Å²) < 4.78 is 5.88. The lowest BCUT2D eigenvalue weighted by atomic mass is 10.2. The van der Waals surface area contributed by atoms with Gasteiger partial charge in [-0.3, -0.25) is 9.69 Å². The van der Waals surface area contributed by atoms with Crippen LogP contribution >= 0.6 is 12.4 Å². The Bertz CT molecular complexity index is 659. The van der Waals surface area contributed by atoms with E-state index >= 15 is 0 Å². The molecule has 134 valence electrons. The quantitative estimate of drug-likeness (QED) is 0.859. The van der Waals surface area contributed by atoms with Crippen molar-refractivity contribution in [1.82, 2.24) is 10.2 Å². The Balaban J connectivity index is 0.00000225. The van der Waals surface area contributed by atoms with Gasteiger partial charge in [0.2, 0.25) is 5.91 Å². The zero-order chi connectivity index (χ0) is 16.6. The number of ether oxygens (including phenoxy) is 1. The van der Waals surface area contributed by atoms with Crippen LogP contribution in [0.5, 0.6) is 11.5 Å². The molecular formula is C19H24ClN3O2. The van der Waals surface area contributed by atoms with Gasteiger partial charge in [0, 0.05) is 13.1 Å². The minimum Gasteiger partial charge on any atom is -0.455 e. The van der Waals surface area contributed by atoms with Gasteiger partial charge < -0.3 is 15.4 Å². The minimum atomic E-state index is -0.0130. The molecule has 2 N–H and O–H groups in total. The number of amides is 1. The van der Waals surface area contributed by atoms with Gasteiger partial charge in [0.25, 0.3) is 0 Å². The van der Waals surface area contributed by atoms with Crippen LogP contribution in [0.4, 0.5) is 5.69 Å². The van der Waals surface area contributed by atoms with Crippen LogP contribution in [0.1, 0.15) is 6.42 Å². The van der Waals surface area contributed by atoms with Crippen molar-refractivity contribution >= 4 is 24.0 Å². The average Bonchev–Trinajstić information content (AvgIpc) is 2.86. The highest BCUT2D eigenvalue weighted by Crippen LogP contribution is 2.29. The molecule has 1 aliphatic heterocycles. The van der Waals surface area contributed by atoms with Gasteiger partial charge in [-0.25, -0.2) is 0 Å². The number of hydrogen-bond donors (Lipinski definition) is 2. The van der Waals surface area contributed by atoms with Crippen molar-refractivity contribution in [3.05, 3.63) is 54.6 Å². The SMILES string of the molecule is Cl.O=C(CN1CCCNCC1)Nc1ccccc1Oc1ccccc1. The van der Waals surface area contributed by atoms with Gasteiger partial charge in [0.15, 0.2) is 5.75 Å². The molecule has 3 rings (SSSR count). The first-order valence-electron chi connectivity index (χ1n) is 8.36. The second-order valence-corrected chi connectivity index (χ2v) is 5.84. The molecular weight excluding hydrogens is 338 g/mol. The van der Waals surface area contributed by atoms with E-state index in [1.807, 2.05) is 54.6 Å². The average molecular weight is 362 g/mol. The normalized spacial score (nSPS) is 14.9. The van der Waals surface area contributed by atoms with Crippen LogP contribution in [-0.2, 0) is 4.79 Å². The third-order valence-corrected chi connectivity index (χ3v) is 3.93. The van der Waals surface area contributed by atoms with Gasteiger partial charge in [-0.1, -0.05) is 30.3 Å². The molecule has 1 amide bonds. The van der Waals surface area contributed by atoms with E-state index in [1.54, 1.807) is 0 Å². The Morgan fingerprint density at radius 1 is 1.04 bits per heavy atom. The molecule has 1 saturated heterocycles. The smallest absolute Gasteiger partial charge is 0.238 e. The lowest BCUT2D eigenvalue weighted by Crippen LogP contribution is -2.35. The highest BCUT2D eigenvalue weighted by molar-refractivity contribution is 5.93. The summed E-state index contributed by atoms with van der Waals surface area (Å²) in [4.78, 5) is 14.5. The van der Waals surface area contributed by atoms with Crippen molar-refractivity contribution in [2.45, 2.75) is 6.42 Å². The number of carbonyl (C=O) groups excluding carboxylic acids is 1. The summed E-state index contributed by atoms with van der Waals surface area (Å²) in [5.41, 5.74) is 0.694. The molecule has 0 saturated carbocycles. The fourth-order valence-corrected chi connectivity index (χ4v) is 2.73. The van der Waals surface area contributed by atoms with E-state index in [1.165, 1.54) is 0 Å². The van der Waals surface area contributed by atoms with Crippen molar-refractivity contribution in [2.75, 3.05) is 38.0 Å². The lowest BCUT2D eigenvalue weighted by Gasteiger charge is -2.19. The maximum atomic E-state index is 12.4. The highest BCUT2D eigenvalue weighted by atomic mass is 35.5. The molecule has 2 aromatic rings. The molecule has 1 fully saturated rings. The topological polar surface area (TPSA) is 53.6 Å². The summed E-state index contributed by atoms with van der Waals surface area (Å²) in [6.45, 7) is 4.20. The van der Waals surface area contributed by atoms with Crippen molar-refractivity contribution in [2.24, 2.45) is 0 Å². The summed E-state index contributed by atoms with van der Waals surface area (Å²) in [6.07, 6.45) is 1.07. The summed E-state index contributed by atoms with van der Waals surface area (Å²) in [7, 11) is 0. The fraction of sp³-hybridized carbons (Fsp3) is 0.316. The van der Waals surface area contributed by atoms with E-state index < -0.39 is 0 Å². The standard InChI is InChI=1S/C19H23N3O2.ClH/c23-19(15-22-13-6-11-20-12-14-22)21-17-9-4-5-10-18(17)24-16-7-2-1-3-8-16;/h1-5,7-10,20H,6,11-15H2,(H,21,23);1H. The van der Waals surface area contributed by atoms with Crippen LogP contribution in [0.2, 0.25) is 0 Å². The van der Waals surface area contributed by atoms with E-state index in [0.717, 1.165) is 38.3 Å². The third-order valence-electron chi connectivity index (χ3n) is 3.93. The highest BCUT2D eigenvalue weighted by Gasteiger charge is 2.14. The molecule has 0 radical (unpaired) electrons. The first-order chi connectivity index (χ1) is 11.8. The van der Waals surface area contributed by atoms with Crippen molar-refractivity contribution < 1.29 is 9.53 Å². The molecule has 2 aromatic carbocycles. The monoisotopic (exact) mass is 361 g/mol. The first-order valence-corrected chi connectivity index (χ1v) is 8.36. The molecule has 0 spiro atoms. The fourth-order valence-electron chi connectivity index (χ4n) is 2.73. The number of rotatable bonds is 5. The number of hydrogen-bond acceptors (Lipinski definition) is 4. The van der Waals surface area contributed by atoms with E-state index in [9.17, 15) is 4.79 Å². The van der Waals surface area contributed by atoms with Crippen LogP contribution in [0, 0.1) is 0 Å². The second-order valence-electron chi connectivity index (χ2n) is 5.84. The van der Waals surface area contributed by atoms with E-state index in [4.69, 9.17) is 4.74 Å². The summed E-state index contributed by atoms with van der Waals surface area (Å²) in [5.74, 6) is 1.38. The van der Waals surface area contributed by atoms with Gasteiger partial charge in [0.05, 0.1) is 12.2 Å². The van der Waals surface area contributed by atoms with Gasteiger partial charge in [-0.05, 0) is 43.8 Å². The van der Waals surface area contributed by atoms with Crippen LogP contribution in [-0.4, -0.2) is 43.5 Å². The van der Waals surface area contributed by atoms with Gasteiger partial charge in [-0.2, -0.15) is 0 Å². The van der Waals surface area contributed by atoms with Crippen LogP contribution in [0.15, 0.2) is 54.6 Å². The van der Waals surface area contributed by atoms with E-state index in [2.05, 4.69) is 15.5 Å². The molecule has 0 unspecified atom stereocenters. The molecule has 0 aliphatic carbocycles. The Morgan fingerprint density at radius 3 is 2.64 bits per heavy atom. The Labute approximate surface area is 154 Å². The summed E-state index contributed by atoms with van der Waals surface area (Å²) in [5, 5.41) is 6.32. The van der Waals surface area contributed by atoms with Crippen LogP contribution < -0.4 is 15.4 Å². The van der Waals surface area contributed by atoms with Gasteiger partial charge in [0.1, 0.15) is 5.75 Å². The van der Waals surface area contributed by atoms with Crippen LogP contribution in [0.3, 0.4) is 0 Å². The Morgan fingerprint density at radius 2 is 1.80 bits per heavy atom. The summed E-state index contributed by atoms with van der Waals surface area (Å²) >= 11 is 0. The van der Waals surface area contributed by atoms with Crippen molar-refractivity contribution in [1.29, 1.82) is 0 Å². The number of anilines is 1. The zero-order valence-electron chi connectivity index (χ0n) is 14.1. The largest absolute Gasteiger partial charge is 0.455 e. The molecule has 5 nitrogen and oxygen atoms in total. The molecule has 0 bridgehead atoms. The molecule has 0 atom stereocenters. The van der Waals surface area contributed by atoms with E-state index in [0.29, 0.717) is 18.0 Å². The maximum absolute atomic E-state index is 12.4. The second kappa shape index (κ2) is 10.0. The lowest BCUT2D eigenvalue weighted by molar-refractivity contribution is -0.117. The predicted molar refractivity (Wildman–Crippen MR) is 103 cm³/mol. The number of nitrogens with zero attached hydrogens (tertiary/aromatic N) is 1. The number of benzene rings is 2. The Kier molecular flexibility index (Phi) is 7.73.